The van der Waals surface area contributed by atoms with Crippen LogP contribution in [0.15, 0.2) is 61.1 Å². The molecule has 1 aliphatic heterocycles. The molecular weight excluding hydrogens is 468 g/mol. The smallest absolute Gasteiger partial charge is 0.163 e. The normalized spacial score (nSPS) is 14.3. The van der Waals surface area contributed by atoms with Crippen LogP contribution in [0, 0.1) is 18.3 Å². The molecule has 0 spiro atoms. The molecule has 5 aromatic rings. The first-order valence-electron chi connectivity index (χ1n) is 11.9. The van der Waals surface area contributed by atoms with E-state index in [1.54, 1.807) is 24.0 Å². The average Bonchev–Trinajstić information content (AvgIpc) is 3.46. The minimum Gasteiger partial charge on any atom is -0.389 e. The van der Waals surface area contributed by atoms with Gasteiger partial charge in [-0.05, 0) is 62.4 Å². The Hall–Kier alpha value is -4.59. The van der Waals surface area contributed by atoms with Crippen LogP contribution in [0.3, 0.4) is 0 Å². The number of aliphatic hydroxyl groups is 1. The number of aromatic nitrogens is 6. The Bertz CT molecular complexity index is 1640. The van der Waals surface area contributed by atoms with E-state index in [9.17, 15) is 10.4 Å². The summed E-state index contributed by atoms with van der Waals surface area (Å²) in [5.74, 6) is 1.48. The second-order valence-corrected chi connectivity index (χ2v) is 9.10. The maximum absolute atomic E-state index is 10.3. The Kier molecular flexibility index (Phi) is 5.64. The van der Waals surface area contributed by atoms with Crippen LogP contribution in [-0.2, 0) is 4.74 Å². The molecule has 0 bridgehead atoms. The van der Waals surface area contributed by atoms with Crippen molar-refractivity contribution in [2.75, 3.05) is 18.5 Å². The summed E-state index contributed by atoms with van der Waals surface area (Å²) in [5, 5.41) is 27.3. The molecule has 6 rings (SSSR count). The molecule has 37 heavy (non-hydrogen) atoms. The maximum Gasteiger partial charge on any atom is 0.163 e. The number of hydrogen-bond acceptors (Lipinski definition) is 8. The molecule has 0 aliphatic carbocycles. The Balaban J connectivity index is 1.32. The molecule has 2 N–H and O–H groups in total. The number of fused-ring (bicyclic) bond motifs is 1. The molecule has 0 radical (unpaired) electrons. The lowest BCUT2D eigenvalue weighted by Gasteiger charge is -2.25. The lowest BCUT2D eigenvalue weighted by molar-refractivity contribution is 0.00672. The molecule has 0 saturated carbocycles. The number of pyridine rings is 2. The minimum atomic E-state index is -0.760. The Labute approximate surface area is 212 Å². The molecule has 1 fully saturated rings. The van der Waals surface area contributed by atoms with Gasteiger partial charge in [0.05, 0.1) is 42.2 Å². The third-order valence-electron chi connectivity index (χ3n) is 6.47. The van der Waals surface area contributed by atoms with E-state index in [0.29, 0.717) is 23.1 Å². The number of ether oxygens (including phenoxy) is 1. The van der Waals surface area contributed by atoms with E-state index in [1.807, 2.05) is 60.2 Å². The van der Waals surface area contributed by atoms with Gasteiger partial charge in [0.1, 0.15) is 18.2 Å². The van der Waals surface area contributed by atoms with Gasteiger partial charge in [-0.3, -0.25) is 9.55 Å². The predicted molar refractivity (Wildman–Crippen MR) is 137 cm³/mol. The van der Waals surface area contributed by atoms with Gasteiger partial charge in [0, 0.05) is 28.6 Å². The molecule has 1 unspecified atom stereocenters. The third kappa shape index (κ3) is 4.20. The third-order valence-corrected chi connectivity index (χ3v) is 6.47. The van der Waals surface area contributed by atoms with Gasteiger partial charge in [0.15, 0.2) is 11.5 Å². The molecule has 184 valence electrons. The number of aliphatic hydroxyl groups excluding tert-OH is 1. The lowest BCUT2D eigenvalue weighted by atomic mass is 10.0. The van der Waals surface area contributed by atoms with Crippen LogP contribution in [0.4, 0.5) is 11.4 Å². The highest BCUT2D eigenvalue weighted by Crippen LogP contribution is 2.28. The van der Waals surface area contributed by atoms with Crippen molar-refractivity contribution in [3.63, 3.8) is 0 Å². The topological polar surface area (TPSA) is 127 Å². The average molecular weight is 493 g/mol. The lowest BCUT2D eigenvalue weighted by Crippen LogP contribution is -2.25. The van der Waals surface area contributed by atoms with Gasteiger partial charge in [-0.25, -0.2) is 14.6 Å². The fourth-order valence-electron chi connectivity index (χ4n) is 4.39. The number of benzene rings is 1. The monoisotopic (exact) mass is 492 g/mol. The van der Waals surface area contributed by atoms with E-state index < -0.39 is 6.10 Å². The zero-order valence-corrected chi connectivity index (χ0v) is 20.3. The summed E-state index contributed by atoms with van der Waals surface area (Å²) in [4.78, 5) is 14.0. The van der Waals surface area contributed by atoms with Gasteiger partial charge in [0.25, 0.3) is 0 Å². The zero-order chi connectivity index (χ0) is 25.5. The summed E-state index contributed by atoms with van der Waals surface area (Å²) >= 11 is 0. The van der Waals surface area contributed by atoms with Crippen molar-refractivity contribution in [1.29, 1.82) is 5.26 Å². The minimum absolute atomic E-state index is 0.288. The highest BCUT2D eigenvalue weighted by molar-refractivity contribution is 5.82. The fraction of sp³-hybridized carbons (Fsp3) is 0.222. The van der Waals surface area contributed by atoms with Gasteiger partial charge in [0.2, 0.25) is 0 Å². The number of aryl methyl sites for hydroxylation is 1. The van der Waals surface area contributed by atoms with E-state index in [2.05, 4.69) is 26.5 Å². The van der Waals surface area contributed by atoms with Crippen LogP contribution in [0.25, 0.3) is 22.7 Å². The van der Waals surface area contributed by atoms with E-state index in [1.165, 1.54) is 0 Å². The molecule has 1 aromatic carbocycles. The Morgan fingerprint density at radius 2 is 1.95 bits per heavy atom. The first-order chi connectivity index (χ1) is 18.0. The standard InChI is InChI=1S/C27H24N8O2/c1-16-9-21(11-28)33-35(16)27-22(17(2)36)5-8-26(32-27)34-15-30-24-10-19(4-7-25(24)34)31-20-3-6-23(29-12-20)18-13-37-14-18/h3-10,12,15,17-18,31,36H,13-14H2,1-2H3. The molecule has 4 aromatic heterocycles. The molecule has 5 heterocycles. The van der Waals surface area contributed by atoms with Gasteiger partial charge in [-0.1, -0.05) is 0 Å². The molecule has 1 atom stereocenters. The number of anilines is 2. The number of rotatable bonds is 6. The molecular formula is C27H24N8O2. The molecule has 10 heteroatoms. The second kappa shape index (κ2) is 9.13. The van der Waals surface area contributed by atoms with Crippen LogP contribution in [0.2, 0.25) is 0 Å². The number of nitrogens with zero attached hydrogens (tertiary/aromatic N) is 7. The van der Waals surface area contributed by atoms with E-state index in [0.717, 1.165) is 47.0 Å². The number of imidazole rings is 1. The number of nitriles is 1. The molecule has 1 aliphatic rings. The zero-order valence-electron chi connectivity index (χ0n) is 20.3. The summed E-state index contributed by atoms with van der Waals surface area (Å²) in [6.45, 7) is 5.00. The van der Waals surface area contributed by atoms with Crippen LogP contribution in [0.1, 0.15) is 41.6 Å². The van der Waals surface area contributed by atoms with Crippen molar-refractivity contribution < 1.29 is 9.84 Å². The quantitative estimate of drug-likeness (QED) is 0.363. The van der Waals surface area contributed by atoms with Gasteiger partial charge in [-0.15, -0.1) is 0 Å². The second-order valence-electron chi connectivity index (χ2n) is 9.10. The van der Waals surface area contributed by atoms with Crippen LogP contribution in [-0.4, -0.2) is 47.6 Å². The largest absolute Gasteiger partial charge is 0.389 e. The molecule has 1 saturated heterocycles. The van der Waals surface area contributed by atoms with Crippen LogP contribution < -0.4 is 5.32 Å². The molecule has 0 amide bonds. The van der Waals surface area contributed by atoms with Gasteiger partial charge >= 0.3 is 0 Å². The maximum atomic E-state index is 10.3. The van der Waals surface area contributed by atoms with E-state index in [-0.39, 0.29) is 5.69 Å². The van der Waals surface area contributed by atoms with Gasteiger partial charge < -0.3 is 15.2 Å². The summed E-state index contributed by atoms with van der Waals surface area (Å²) in [7, 11) is 0. The molecule has 10 nitrogen and oxygen atoms in total. The van der Waals surface area contributed by atoms with Crippen molar-refractivity contribution in [2.24, 2.45) is 0 Å². The fourth-order valence-corrected chi connectivity index (χ4v) is 4.39. The first kappa shape index (κ1) is 22.8. The number of hydrogen-bond donors (Lipinski definition) is 2. The van der Waals surface area contributed by atoms with Crippen LogP contribution in [0.5, 0.6) is 0 Å². The van der Waals surface area contributed by atoms with Gasteiger partial charge in [-0.2, -0.15) is 10.4 Å². The van der Waals surface area contributed by atoms with Crippen molar-refractivity contribution in [2.45, 2.75) is 25.9 Å². The van der Waals surface area contributed by atoms with E-state index >= 15 is 0 Å². The Morgan fingerprint density at radius 3 is 2.62 bits per heavy atom. The summed E-state index contributed by atoms with van der Waals surface area (Å²) in [5.41, 5.74) is 6.17. The first-order valence-corrected chi connectivity index (χ1v) is 11.9. The van der Waals surface area contributed by atoms with Crippen molar-refractivity contribution in [1.82, 2.24) is 29.3 Å². The summed E-state index contributed by atoms with van der Waals surface area (Å²) < 4.78 is 8.72. The summed E-state index contributed by atoms with van der Waals surface area (Å²) in [6.07, 6.45) is 2.79. The number of nitrogens with one attached hydrogen (secondary N) is 1. The van der Waals surface area contributed by atoms with Crippen molar-refractivity contribution in [3.05, 3.63) is 83.7 Å². The predicted octanol–water partition coefficient (Wildman–Crippen LogP) is 4.09. The van der Waals surface area contributed by atoms with Crippen LogP contribution >= 0.6 is 0 Å². The van der Waals surface area contributed by atoms with E-state index in [4.69, 9.17) is 9.72 Å². The summed E-state index contributed by atoms with van der Waals surface area (Å²) in [6, 6.07) is 17.4. The Morgan fingerprint density at radius 1 is 1.11 bits per heavy atom. The SMILES string of the molecule is Cc1cc(C#N)nn1-c1nc(-n2cnc3cc(Nc4ccc(C5COC5)nc4)ccc32)ccc1C(C)O. The highest BCUT2D eigenvalue weighted by atomic mass is 16.5. The van der Waals surface area contributed by atoms with Crippen molar-refractivity contribution >= 4 is 22.4 Å². The highest BCUT2D eigenvalue weighted by Gasteiger charge is 2.21. The van der Waals surface area contributed by atoms with Crippen molar-refractivity contribution in [3.8, 4) is 17.7 Å².